The molecular formula is C12H12O2. The Balaban J connectivity index is 3.29. The van der Waals surface area contributed by atoms with E-state index in [2.05, 4.69) is 5.92 Å². The van der Waals surface area contributed by atoms with Crippen LogP contribution in [-0.2, 0) is 6.42 Å². The third kappa shape index (κ3) is 1.94. The van der Waals surface area contributed by atoms with Gasteiger partial charge in [0, 0.05) is 5.56 Å². The van der Waals surface area contributed by atoms with E-state index in [1.807, 2.05) is 6.92 Å². The second-order valence-electron chi connectivity index (χ2n) is 3.03. The van der Waals surface area contributed by atoms with Gasteiger partial charge in [0.15, 0.2) is 0 Å². The van der Waals surface area contributed by atoms with Crippen molar-refractivity contribution < 1.29 is 9.90 Å². The van der Waals surface area contributed by atoms with Gasteiger partial charge < -0.3 is 5.11 Å². The van der Waals surface area contributed by atoms with Crippen molar-refractivity contribution in [3.63, 3.8) is 0 Å². The number of carboxylic acids is 1. The van der Waals surface area contributed by atoms with Gasteiger partial charge in [-0.05, 0) is 24.1 Å². The minimum absolute atomic E-state index is 0.322. The SMILES string of the molecule is C#Cc1cccc(C(=O)O)c1CCC. The zero-order valence-electron chi connectivity index (χ0n) is 8.08. The molecule has 0 amide bonds. The highest BCUT2D eigenvalue weighted by atomic mass is 16.4. The summed E-state index contributed by atoms with van der Waals surface area (Å²) in [6.07, 6.45) is 6.91. The molecule has 1 N–H and O–H groups in total. The van der Waals surface area contributed by atoms with Gasteiger partial charge >= 0.3 is 5.97 Å². The standard InChI is InChI=1S/C12H12O2/c1-3-6-10-9(4-2)7-5-8-11(10)12(13)14/h2,5,7-8H,3,6H2,1H3,(H,13,14). The van der Waals surface area contributed by atoms with E-state index in [4.69, 9.17) is 11.5 Å². The van der Waals surface area contributed by atoms with Crippen LogP contribution in [0.1, 0.15) is 34.8 Å². The largest absolute Gasteiger partial charge is 0.478 e. The van der Waals surface area contributed by atoms with Crippen molar-refractivity contribution in [2.75, 3.05) is 0 Å². The van der Waals surface area contributed by atoms with Crippen LogP contribution in [-0.4, -0.2) is 11.1 Å². The van der Waals surface area contributed by atoms with Crippen molar-refractivity contribution in [2.45, 2.75) is 19.8 Å². The molecule has 1 rings (SSSR count). The van der Waals surface area contributed by atoms with Gasteiger partial charge in [-0.15, -0.1) is 6.42 Å². The molecule has 0 atom stereocenters. The van der Waals surface area contributed by atoms with E-state index >= 15 is 0 Å². The minimum atomic E-state index is -0.912. The molecule has 1 aromatic carbocycles. The van der Waals surface area contributed by atoms with Crippen molar-refractivity contribution in [3.05, 3.63) is 34.9 Å². The van der Waals surface area contributed by atoms with Gasteiger partial charge in [0.25, 0.3) is 0 Å². The molecule has 0 aliphatic carbocycles. The highest BCUT2D eigenvalue weighted by Gasteiger charge is 2.11. The van der Waals surface area contributed by atoms with Crippen LogP contribution in [0.4, 0.5) is 0 Å². The van der Waals surface area contributed by atoms with Gasteiger partial charge in [0.05, 0.1) is 5.56 Å². The van der Waals surface area contributed by atoms with E-state index in [9.17, 15) is 4.79 Å². The Hall–Kier alpha value is -1.75. The maximum Gasteiger partial charge on any atom is 0.336 e. The molecule has 0 radical (unpaired) electrons. The minimum Gasteiger partial charge on any atom is -0.478 e. The molecule has 0 fully saturated rings. The van der Waals surface area contributed by atoms with E-state index in [1.165, 1.54) is 0 Å². The quantitative estimate of drug-likeness (QED) is 0.739. The highest BCUT2D eigenvalue weighted by molar-refractivity contribution is 5.90. The van der Waals surface area contributed by atoms with Crippen molar-refractivity contribution in [1.82, 2.24) is 0 Å². The Morgan fingerprint density at radius 2 is 2.29 bits per heavy atom. The Labute approximate surface area is 83.6 Å². The molecule has 0 spiro atoms. The van der Waals surface area contributed by atoms with E-state index < -0.39 is 5.97 Å². The van der Waals surface area contributed by atoms with Gasteiger partial charge in [0.1, 0.15) is 0 Å². The predicted octanol–water partition coefficient (Wildman–Crippen LogP) is 2.32. The van der Waals surface area contributed by atoms with Crippen LogP contribution in [0.3, 0.4) is 0 Å². The first-order valence-electron chi connectivity index (χ1n) is 4.52. The van der Waals surface area contributed by atoms with Gasteiger partial charge in [-0.25, -0.2) is 4.79 Å². The number of benzene rings is 1. The fourth-order valence-corrected chi connectivity index (χ4v) is 1.44. The lowest BCUT2D eigenvalue weighted by molar-refractivity contribution is 0.0695. The number of carboxylic acid groups (broad SMARTS) is 1. The summed E-state index contributed by atoms with van der Waals surface area (Å²) in [5, 5.41) is 8.94. The fourth-order valence-electron chi connectivity index (χ4n) is 1.44. The Kier molecular flexibility index (Phi) is 3.30. The molecule has 0 saturated heterocycles. The molecular weight excluding hydrogens is 176 g/mol. The molecule has 72 valence electrons. The number of hydrogen-bond donors (Lipinski definition) is 1. The smallest absolute Gasteiger partial charge is 0.336 e. The summed E-state index contributed by atoms with van der Waals surface area (Å²) in [6.45, 7) is 2.00. The van der Waals surface area contributed by atoms with Gasteiger partial charge in [-0.2, -0.15) is 0 Å². The first-order chi connectivity index (χ1) is 6.70. The maximum absolute atomic E-state index is 10.9. The fraction of sp³-hybridized carbons (Fsp3) is 0.250. The maximum atomic E-state index is 10.9. The second kappa shape index (κ2) is 4.48. The lowest BCUT2D eigenvalue weighted by atomic mass is 9.97. The van der Waals surface area contributed by atoms with Gasteiger partial charge in [-0.1, -0.05) is 25.3 Å². The molecule has 0 aliphatic rings. The Morgan fingerprint density at radius 3 is 2.79 bits per heavy atom. The van der Waals surface area contributed by atoms with Crippen LogP contribution in [0, 0.1) is 12.3 Å². The summed E-state index contributed by atoms with van der Waals surface area (Å²) in [7, 11) is 0. The van der Waals surface area contributed by atoms with Crippen LogP contribution in [0.2, 0.25) is 0 Å². The second-order valence-corrected chi connectivity index (χ2v) is 3.03. The van der Waals surface area contributed by atoms with Crippen molar-refractivity contribution in [3.8, 4) is 12.3 Å². The number of terminal acetylenes is 1. The average Bonchev–Trinajstić information content (AvgIpc) is 2.18. The molecule has 1 aromatic rings. The van der Waals surface area contributed by atoms with Crippen LogP contribution < -0.4 is 0 Å². The third-order valence-electron chi connectivity index (χ3n) is 2.06. The van der Waals surface area contributed by atoms with E-state index in [-0.39, 0.29) is 0 Å². The Bertz CT molecular complexity index is 386. The Morgan fingerprint density at radius 1 is 1.57 bits per heavy atom. The summed E-state index contributed by atoms with van der Waals surface area (Å²) in [6, 6.07) is 5.05. The molecule has 0 aliphatic heterocycles. The predicted molar refractivity (Wildman–Crippen MR) is 55.3 cm³/mol. The van der Waals surface area contributed by atoms with Crippen molar-refractivity contribution in [2.24, 2.45) is 0 Å². The first-order valence-corrected chi connectivity index (χ1v) is 4.52. The highest BCUT2D eigenvalue weighted by Crippen LogP contribution is 2.16. The molecule has 2 nitrogen and oxygen atoms in total. The number of aromatic carboxylic acids is 1. The summed E-state index contributed by atoms with van der Waals surface area (Å²) in [5.74, 6) is 1.60. The van der Waals surface area contributed by atoms with E-state index in [0.29, 0.717) is 17.5 Å². The molecule has 0 saturated carbocycles. The third-order valence-corrected chi connectivity index (χ3v) is 2.06. The van der Waals surface area contributed by atoms with Crippen LogP contribution >= 0.6 is 0 Å². The lowest BCUT2D eigenvalue weighted by Gasteiger charge is -2.06. The first kappa shape index (κ1) is 10.3. The average molecular weight is 188 g/mol. The molecule has 0 bridgehead atoms. The van der Waals surface area contributed by atoms with E-state index in [1.54, 1.807) is 18.2 Å². The summed E-state index contributed by atoms with van der Waals surface area (Å²) in [5.41, 5.74) is 1.78. The van der Waals surface area contributed by atoms with Gasteiger partial charge in [-0.3, -0.25) is 0 Å². The summed E-state index contributed by atoms with van der Waals surface area (Å²) in [4.78, 5) is 10.9. The summed E-state index contributed by atoms with van der Waals surface area (Å²) < 4.78 is 0. The van der Waals surface area contributed by atoms with Crippen LogP contribution in [0.5, 0.6) is 0 Å². The van der Waals surface area contributed by atoms with Crippen LogP contribution in [0.15, 0.2) is 18.2 Å². The zero-order chi connectivity index (χ0) is 10.6. The molecule has 0 heterocycles. The number of carbonyl (C=O) groups is 1. The monoisotopic (exact) mass is 188 g/mol. The lowest BCUT2D eigenvalue weighted by Crippen LogP contribution is -2.04. The molecule has 14 heavy (non-hydrogen) atoms. The van der Waals surface area contributed by atoms with Crippen LogP contribution in [0.25, 0.3) is 0 Å². The molecule has 2 heteroatoms. The van der Waals surface area contributed by atoms with E-state index in [0.717, 1.165) is 12.0 Å². The zero-order valence-corrected chi connectivity index (χ0v) is 8.08. The normalized spacial score (nSPS) is 9.43. The van der Waals surface area contributed by atoms with Crippen molar-refractivity contribution in [1.29, 1.82) is 0 Å². The number of hydrogen-bond acceptors (Lipinski definition) is 1. The topological polar surface area (TPSA) is 37.3 Å². The molecule has 0 unspecified atom stereocenters. The van der Waals surface area contributed by atoms with Gasteiger partial charge in [0.2, 0.25) is 0 Å². The molecule has 0 aromatic heterocycles. The van der Waals surface area contributed by atoms with Crippen molar-refractivity contribution >= 4 is 5.97 Å². The summed E-state index contributed by atoms with van der Waals surface area (Å²) >= 11 is 0. The number of rotatable bonds is 3.